The number of amides is 1. The molecule has 0 aliphatic heterocycles. The Balaban J connectivity index is -0.000000175. The van der Waals surface area contributed by atoms with Crippen molar-refractivity contribution in [1.29, 1.82) is 0 Å². The summed E-state index contributed by atoms with van der Waals surface area (Å²) in [5, 5.41) is 2.62. The van der Waals surface area contributed by atoms with E-state index in [0.29, 0.717) is 0 Å². The number of hydrogen-bond donors (Lipinski definition) is 2. The third-order valence-corrected chi connectivity index (χ3v) is 0.758. The molecule has 0 aliphatic carbocycles. The van der Waals surface area contributed by atoms with E-state index in [4.69, 9.17) is 5.73 Å². The van der Waals surface area contributed by atoms with Gasteiger partial charge in [0.1, 0.15) is 0 Å². The maximum absolute atomic E-state index is 10.3. The van der Waals surface area contributed by atoms with Crippen LogP contribution in [0.1, 0.15) is 41.0 Å². The first-order valence-electron chi connectivity index (χ1n) is 4.78. The van der Waals surface area contributed by atoms with Gasteiger partial charge in [0.25, 0.3) is 0 Å². The highest BCUT2D eigenvalue weighted by Crippen LogP contribution is 1.67. The number of carbonyl (C=O) groups is 1. The Hall–Kier alpha value is -0.570. The van der Waals surface area contributed by atoms with Crippen LogP contribution in [-0.4, -0.2) is 19.0 Å². The van der Waals surface area contributed by atoms with Crippen LogP contribution >= 0.6 is 0 Å². The molecule has 1 amide bonds. The first-order valence-corrected chi connectivity index (χ1v) is 4.78. The second kappa shape index (κ2) is 22.4. The predicted octanol–water partition coefficient (Wildman–Crippen LogP) is 1.52. The van der Waals surface area contributed by atoms with Crippen molar-refractivity contribution in [2.24, 2.45) is 5.73 Å². The first-order chi connectivity index (χ1) is 5.81. The second-order valence-corrected chi connectivity index (χ2v) is 1.55. The standard InChI is InChI=1S/C5H12N2O.2C2H6/c1-2-3-7-5(8)4-6;2*1-2/h2-4,6H2,1H3,(H,7,8);2*1-2H3. The van der Waals surface area contributed by atoms with Gasteiger partial charge in [0.05, 0.1) is 6.54 Å². The number of nitrogens with one attached hydrogen (secondary N) is 1. The van der Waals surface area contributed by atoms with Gasteiger partial charge in [0.2, 0.25) is 5.91 Å². The molecular weight excluding hydrogens is 152 g/mol. The number of nitrogens with two attached hydrogens (primary N) is 1. The van der Waals surface area contributed by atoms with Gasteiger partial charge >= 0.3 is 0 Å². The second-order valence-electron chi connectivity index (χ2n) is 1.55. The van der Waals surface area contributed by atoms with Gasteiger partial charge in [-0.2, -0.15) is 0 Å². The van der Waals surface area contributed by atoms with E-state index >= 15 is 0 Å². The zero-order valence-electron chi connectivity index (χ0n) is 9.11. The molecule has 3 nitrogen and oxygen atoms in total. The Kier molecular flexibility index (Phi) is 32.7. The lowest BCUT2D eigenvalue weighted by molar-refractivity contribution is -0.119. The predicted molar refractivity (Wildman–Crippen MR) is 55.1 cm³/mol. The molecular formula is C9H24N2O. The molecule has 76 valence electrons. The maximum Gasteiger partial charge on any atom is 0.233 e. The van der Waals surface area contributed by atoms with Gasteiger partial charge < -0.3 is 11.1 Å². The van der Waals surface area contributed by atoms with Crippen molar-refractivity contribution in [2.75, 3.05) is 13.1 Å². The minimum Gasteiger partial charge on any atom is -0.355 e. The van der Waals surface area contributed by atoms with E-state index in [-0.39, 0.29) is 12.5 Å². The third kappa shape index (κ3) is 22.7. The fourth-order valence-corrected chi connectivity index (χ4v) is 0.337. The van der Waals surface area contributed by atoms with Crippen LogP contribution in [-0.2, 0) is 4.79 Å². The van der Waals surface area contributed by atoms with E-state index in [1.165, 1.54) is 0 Å². The summed E-state index contributed by atoms with van der Waals surface area (Å²) in [6, 6.07) is 0. The summed E-state index contributed by atoms with van der Waals surface area (Å²) in [5.41, 5.74) is 5.00. The van der Waals surface area contributed by atoms with Gasteiger partial charge in [-0.05, 0) is 6.42 Å². The highest BCUT2D eigenvalue weighted by Gasteiger charge is 1.90. The average Bonchev–Trinajstić information content (AvgIpc) is 2.20. The monoisotopic (exact) mass is 176 g/mol. The topological polar surface area (TPSA) is 55.1 Å². The minimum atomic E-state index is -0.0770. The summed E-state index contributed by atoms with van der Waals surface area (Å²) < 4.78 is 0. The molecule has 0 saturated heterocycles. The molecule has 0 atom stereocenters. The molecule has 3 N–H and O–H groups in total. The summed E-state index contributed by atoms with van der Waals surface area (Å²) >= 11 is 0. The van der Waals surface area contributed by atoms with Gasteiger partial charge in [-0.15, -0.1) is 0 Å². The molecule has 0 spiro atoms. The van der Waals surface area contributed by atoms with Gasteiger partial charge in [0, 0.05) is 6.54 Å². The van der Waals surface area contributed by atoms with Crippen LogP contribution in [0.25, 0.3) is 0 Å². The summed E-state index contributed by atoms with van der Waals surface area (Å²) in [7, 11) is 0. The van der Waals surface area contributed by atoms with E-state index < -0.39 is 0 Å². The first kappa shape index (κ1) is 17.5. The quantitative estimate of drug-likeness (QED) is 0.685. The molecule has 0 fully saturated rings. The van der Waals surface area contributed by atoms with Gasteiger partial charge in [-0.25, -0.2) is 0 Å². The number of rotatable bonds is 3. The van der Waals surface area contributed by atoms with E-state index in [9.17, 15) is 4.79 Å². The molecule has 0 radical (unpaired) electrons. The molecule has 0 rings (SSSR count). The van der Waals surface area contributed by atoms with Crippen LogP contribution in [0, 0.1) is 0 Å². The van der Waals surface area contributed by atoms with Crippen molar-refractivity contribution in [3.63, 3.8) is 0 Å². The molecule has 3 heteroatoms. The average molecular weight is 176 g/mol. The third-order valence-electron chi connectivity index (χ3n) is 0.758. The summed E-state index contributed by atoms with van der Waals surface area (Å²) in [6.07, 6.45) is 0.964. The molecule has 0 aliphatic rings. The normalized spacial score (nSPS) is 6.83. The van der Waals surface area contributed by atoms with Crippen LogP contribution in [0.15, 0.2) is 0 Å². The van der Waals surface area contributed by atoms with Crippen LogP contribution in [0.3, 0.4) is 0 Å². The molecule has 0 aromatic heterocycles. The lowest BCUT2D eigenvalue weighted by Gasteiger charge is -1.97. The molecule has 0 unspecified atom stereocenters. The van der Waals surface area contributed by atoms with E-state index in [2.05, 4.69) is 5.32 Å². The summed E-state index contributed by atoms with van der Waals surface area (Å²) in [4.78, 5) is 10.3. The Morgan fingerprint density at radius 1 is 1.25 bits per heavy atom. The molecule has 0 aromatic rings. The smallest absolute Gasteiger partial charge is 0.233 e. The fraction of sp³-hybridized carbons (Fsp3) is 0.889. The van der Waals surface area contributed by atoms with Crippen molar-refractivity contribution < 1.29 is 4.79 Å². The Labute approximate surface area is 76.7 Å². The Bertz CT molecular complexity index is 74.9. The summed E-state index contributed by atoms with van der Waals surface area (Å²) in [6.45, 7) is 10.8. The molecule has 0 bridgehead atoms. The Morgan fingerprint density at radius 2 is 1.67 bits per heavy atom. The molecule has 0 heterocycles. The molecule has 0 saturated carbocycles. The van der Waals surface area contributed by atoms with Gasteiger partial charge in [0.15, 0.2) is 0 Å². The maximum atomic E-state index is 10.3. The van der Waals surface area contributed by atoms with Crippen LogP contribution in [0.4, 0.5) is 0 Å². The fourth-order valence-electron chi connectivity index (χ4n) is 0.337. The van der Waals surface area contributed by atoms with Gasteiger partial charge in [-0.3, -0.25) is 4.79 Å². The SMILES string of the molecule is CC.CC.CCCNC(=O)CN. The van der Waals surface area contributed by atoms with Crippen molar-refractivity contribution in [3.05, 3.63) is 0 Å². The number of carbonyl (C=O) groups excluding carboxylic acids is 1. The molecule has 12 heavy (non-hydrogen) atoms. The van der Waals surface area contributed by atoms with Crippen molar-refractivity contribution >= 4 is 5.91 Å². The minimum absolute atomic E-state index is 0.0770. The van der Waals surface area contributed by atoms with Crippen molar-refractivity contribution in [2.45, 2.75) is 41.0 Å². The lowest BCUT2D eigenvalue weighted by Crippen LogP contribution is -2.30. The highest BCUT2D eigenvalue weighted by molar-refractivity contribution is 5.77. The van der Waals surface area contributed by atoms with Crippen molar-refractivity contribution in [3.8, 4) is 0 Å². The van der Waals surface area contributed by atoms with E-state index in [1.807, 2.05) is 34.6 Å². The van der Waals surface area contributed by atoms with Crippen LogP contribution < -0.4 is 11.1 Å². The van der Waals surface area contributed by atoms with Gasteiger partial charge in [-0.1, -0.05) is 34.6 Å². The number of hydrogen-bond acceptors (Lipinski definition) is 2. The van der Waals surface area contributed by atoms with Crippen LogP contribution in [0.2, 0.25) is 0 Å². The highest BCUT2D eigenvalue weighted by atomic mass is 16.1. The largest absolute Gasteiger partial charge is 0.355 e. The summed E-state index contributed by atoms with van der Waals surface area (Å²) in [5.74, 6) is -0.0770. The molecule has 0 aromatic carbocycles. The van der Waals surface area contributed by atoms with Crippen molar-refractivity contribution in [1.82, 2.24) is 5.32 Å². The van der Waals surface area contributed by atoms with Crippen LogP contribution in [0.5, 0.6) is 0 Å². The van der Waals surface area contributed by atoms with E-state index in [1.54, 1.807) is 0 Å². The van der Waals surface area contributed by atoms with E-state index in [0.717, 1.165) is 13.0 Å². The zero-order valence-corrected chi connectivity index (χ0v) is 9.11. The Morgan fingerprint density at radius 3 is 1.92 bits per heavy atom. The lowest BCUT2D eigenvalue weighted by atomic mass is 10.5. The zero-order chi connectivity index (χ0) is 10.4.